The fourth-order valence-corrected chi connectivity index (χ4v) is 3.78. The van der Waals surface area contributed by atoms with Crippen molar-refractivity contribution in [1.82, 2.24) is 9.80 Å². The molecule has 25 heavy (non-hydrogen) atoms. The Morgan fingerprint density at radius 1 is 1.24 bits per heavy atom. The number of aliphatic hydroxyl groups excluding tert-OH is 1. The fourth-order valence-electron chi connectivity index (χ4n) is 3.78. The number of rotatable bonds is 4. The van der Waals surface area contributed by atoms with Crippen LogP contribution in [0.2, 0.25) is 0 Å². The van der Waals surface area contributed by atoms with Gasteiger partial charge < -0.3 is 25.1 Å². The van der Waals surface area contributed by atoms with Crippen LogP contribution in [0.25, 0.3) is 0 Å². The van der Waals surface area contributed by atoms with Gasteiger partial charge in [0.1, 0.15) is 0 Å². The van der Waals surface area contributed by atoms with Crippen LogP contribution in [0.3, 0.4) is 0 Å². The highest BCUT2D eigenvalue weighted by atomic mass is 16.3. The number of carbonyl (C=O) groups is 1. The molecule has 1 aliphatic carbocycles. The molecule has 6 nitrogen and oxygen atoms in total. The van der Waals surface area contributed by atoms with E-state index in [-0.39, 0.29) is 18.1 Å². The van der Waals surface area contributed by atoms with Gasteiger partial charge in [0.2, 0.25) is 0 Å². The molecule has 0 spiro atoms. The number of aliphatic hydroxyl groups is 1. The second-order valence-corrected chi connectivity index (χ2v) is 7.38. The van der Waals surface area contributed by atoms with E-state index in [9.17, 15) is 9.90 Å². The van der Waals surface area contributed by atoms with Gasteiger partial charge in [-0.2, -0.15) is 0 Å². The van der Waals surface area contributed by atoms with E-state index in [1.807, 2.05) is 18.2 Å². The van der Waals surface area contributed by atoms with Crippen molar-refractivity contribution in [1.29, 1.82) is 0 Å². The predicted molar refractivity (Wildman–Crippen MR) is 101 cm³/mol. The molecule has 138 valence electrons. The highest BCUT2D eigenvalue weighted by Gasteiger charge is 2.27. The van der Waals surface area contributed by atoms with Crippen LogP contribution < -0.4 is 10.2 Å². The standard InChI is InChI=1S/C19H30N4O2/c1-21-10-12-23(13-11-21)17-8-4-3-7-16(17)20-19(25)22(2)14-15-6-5-9-18(15)24/h3-4,7-8,15,18,24H,5-6,9-14H2,1-2H3,(H,20,25). The largest absolute Gasteiger partial charge is 0.393 e. The summed E-state index contributed by atoms with van der Waals surface area (Å²) in [4.78, 5) is 18.9. The average molecular weight is 346 g/mol. The Morgan fingerprint density at radius 2 is 1.96 bits per heavy atom. The van der Waals surface area contributed by atoms with E-state index in [1.165, 1.54) is 0 Å². The molecule has 0 bridgehead atoms. The van der Waals surface area contributed by atoms with Gasteiger partial charge in [-0.1, -0.05) is 18.6 Å². The lowest BCUT2D eigenvalue weighted by Crippen LogP contribution is -2.45. The van der Waals surface area contributed by atoms with Crippen LogP contribution in [-0.4, -0.2) is 73.9 Å². The Bertz CT molecular complexity index is 587. The van der Waals surface area contributed by atoms with Crippen LogP contribution in [0.15, 0.2) is 24.3 Å². The first-order chi connectivity index (χ1) is 12.0. The number of hydrogen-bond donors (Lipinski definition) is 2. The molecule has 1 heterocycles. The van der Waals surface area contributed by atoms with Gasteiger partial charge in [-0.25, -0.2) is 4.79 Å². The summed E-state index contributed by atoms with van der Waals surface area (Å²) in [5.74, 6) is 0.198. The SMILES string of the molecule is CN1CCN(c2ccccc2NC(=O)N(C)CC2CCCC2O)CC1. The fraction of sp³-hybridized carbons (Fsp3) is 0.632. The van der Waals surface area contributed by atoms with Crippen LogP contribution >= 0.6 is 0 Å². The van der Waals surface area contributed by atoms with Crippen molar-refractivity contribution in [2.24, 2.45) is 5.92 Å². The molecule has 1 aliphatic heterocycles. The molecule has 1 saturated carbocycles. The maximum absolute atomic E-state index is 12.6. The minimum absolute atomic E-state index is 0.110. The summed E-state index contributed by atoms with van der Waals surface area (Å²) < 4.78 is 0. The molecule has 2 fully saturated rings. The minimum atomic E-state index is -0.270. The van der Waals surface area contributed by atoms with E-state index < -0.39 is 0 Å². The minimum Gasteiger partial charge on any atom is -0.393 e. The molecule has 2 amide bonds. The molecule has 1 aromatic carbocycles. The summed E-state index contributed by atoms with van der Waals surface area (Å²) in [5, 5.41) is 13.0. The molecule has 3 rings (SSSR count). The molecule has 2 unspecified atom stereocenters. The lowest BCUT2D eigenvalue weighted by atomic mass is 10.1. The van der Waals surface area contributed by atoms with Gasteiger partial charge in [-0.3, -0.25) is 0 Å². The van der Waals surface area contributed by atoms with Gasteiger partial charge in [0, 0.05) is 45.7 Å². The first-order valence-corrected chi connectivity index (χ1v) is 9.27. The molecule has 0 radical (unpaired) electrons. The van der Waals surface area contributed by atoms with Gasteiger partial charge >= 0.3 is 6.03 Å². The molecule has 0 aromatic heterocycles. The van der Waals surface area contributed by atoms with Gasteiger partial charge in [0.25, 0.3) is 0 Å². The summed E-state index contributed by atoms with van der Waals surface area (Å²) in [6, 6.07) is 7.89. The zero-order valence-corrected chi connectivity index (χ0v) is 15.3. The lowest BCUT2D eigenvalue weighted by Gasteiger charge is -2.35. The van der Waals surface area contributed by atoms with E-state index in [0.717, 1.165) is 56.8 Å². The van der Waals surface area contributed by atoms with Gasteiger partial charge in [-0.15, -0.1) is 0 Å². The Hall–Kier alpha value is -1.79. The third kappa shape index (κ3) is 4.44. The molecule has 1 aromatic rings. The van der Waals surface area contributed by atoms with Crippen LogP contribution in [0.4, 0.5) is 16.2 Å². The zero-order chi connectivity index (χ0) is 17.8. The summed E-state index contributed by atoms with van der Waals surface area (Å²) in [5.41, 5.74) is 1.94. The number of likely N-dealkylation sites (N-methyl/N-ethyl adjacent to an activating group) is 1. The number of nitrogens with one attached hydrogen (secondary N) is 1. The first-order valence-electron chi connectivity index (χ1n) is 9.27. The molecule has 2 atom stereocenters. The molecule has 1 saturated heterocycles. The third-order valence-corrected chi connectivity index (χ3v) is 5.46. The Morgan fingerprint density at radius 3 is 2.64 bits per heavy atom. The summed E-state index contributed by atoms with van der Waals surface area (Å²) in [6.45, 7) is 4.59. The van der Waals surface area contributed by atoms with E-state index in [0.29, 0.717) is 6.54 Å². The maximum Gasteiger partial charge on any atom is 0.321 e. The Kier molecular flexibility index (Phi) is 5.81. The van der Waals surface area contributed by atoms with Crippen LogP contribution in [0.5, 0.6) is 0 Å². The highest BCUT2D eigenvalue weighted by Crippen LogP contribution is 2.28. The highest BCUT2D eigenvalue weighted by molar-refractivity contribution is 5.93. The molecular formula is C19H30N4O2. The van der Waals surface area contributed by atoms with Crippen molar-refractivity contribution in [3.63, 3.8) is 0 Å². The van der Waals surface area contributed by atoms with E-state index in [2.05, 4.69) is 28.2 Å². The summed E-state index contributed by atoms with van der Waals surface area (Å²) >= 11 is 0. The number of benzene rings is 1. The number of urea groups is 1. The number of carbonyl (C=O) groups excluding carboxylic acids is 1. The number of amides is 2. The molecular weight excluding hydrogens is 316 g/mol. The van der Waals surface area contributed by atoms with Crippen LogP contribution in [0.1, 0.15) is 19.3 Å². The smallest absolute Gasteiger partial charge is 0.321 e. The van der Waals surface area contributed by atoms with E-state index in [1.54, 1.807) is 11.9 Å². The number of piperazine rings is 1. The van der Waals surface area contributed by atoms with Gasteiger partial charge in [0.05, 0.1) is 17.5 Å². The molecule has 2 aliphatic rings. The van der Waals surface area contributed by atoms with Crippen molar-refractivity contribution in [3.05, 3.63) is 24.3 Å². The molecule has 2 N–H and O–H groups in total. The second kappa shape index (κ2) is 8.06. The maximum atomic E-state index is 12.6. The van der Waals surface area contributed by atoms with Crippen LogP contribution in [0, 0.1) is 5.92 Å². The average Bonchev–Trinajstić information content (AvgIpc) is 3.01. The number of hydrogen-bond acceptors (Lipinski definition) is 4. The number of para-hydroxylation sites is 2. The third-order valence-electron chi connectivity index (χ3n) is 5.46. The zero-order valence-electron chi connectivity index (χ0n) is 15.3. The van der Waals surface area contributed by atoms with Crippen molar-refractivity contribution in [2.45, 2.75) is 25.4 Å². The van der Waals surface area contributed by atoms with Gasteiger partial charge in [-0.05, 0) is 32.0 Å². The van der Waals surface area contributed by atoms with Gasteiger partial charge in [0.15, 0.2) is 0 Å². The normalized spacial score (nSPS) is 24.4. The Balaban J connectivity index is 1.63. The summed E-state index contributed by atoms with van der Waals surface area (Å²) in [7, 11) is 3.94. The number of anilines is 2. The molecule has 6 heteroatoms. The lowest BCUT2D eigenvalue weighted by molar-refractivity contribution is 0.116. The van der Waals surface area contributed by atoms with E-state index >= 15 is 0 Å². The van der Waals surface area contributed by atoms with E-state index in [4.69, 9.17) is 0 Å². The first kappa shape index (κ1) is 18.0. The van der Waals surface area contributed by atoms with Crippen molar-refractivity contribution < 1.29 is 9.90 Å². The second-order valence-electron chi connectivity index (χ2n) is 7.38. The predicted octanol–water partition coefficient (Wildman–Crippen LogP) is 2.06. The van der Waals surface area contributed by atoms with Crippen molar-refractivity contribution >= 4 is 17.4 Å². The van der Waals surface area contributed by atoms with Crippen LogP contribution in [-0.2, 0) is 0 Å². The Labute approximate surface area is 150 Å². The number of nitrogens with zero attached hydrogens (tertiary/aromatic N) is 3. The monoisotopic (exact) mass is 346 g/mol. The van der Waals surface area contributed by atoms with Crippen molar-refractivity contribution in [2.75, 3.05) is 57.0 Å². The quantitative estimate of drug-likeness (QED) is 0.876. The topological polar surface area (TPSA) is 59.0 Å². The van der Waals surface area contributed by atoms with Crippen molar-refractivity contribution in [3.8, 4) is 0 Å². The summed E-state index contributed by atoms with van der Waals surface area (Å²) in [6.07, 6.45) is 2.63.